The van der Waals surface area contributed by atoms with Crippen molar-refractivity contribution < 1.29 is 38.1 Å². The first-order valence-electron chi connectivity index (χ1n) is 11.3. The maximum Gasteiger partial charge on any atom is 0.351 e. The molecule has 178 valence electrons. The van der Waals surface area contributed by atoms with E-state index in [1.165, 1.54) is 0 Å². The fourth-order valence-corrected chi connectivity index (χ4v) is 4.13. The second-order valence-corrected chi connectivity index (χ2v) is 8.62. The van der Waals surface area contributed by atoms with Gasteiger partial charge in [0.15, 0.2) is 0 Å². The van der Waals surface area contributed by atoms with E-state index < -0.39 is 35.1 Å². The predicted molar refractivity (Wildman–Crippen MR) is 118 cm³/mol. The van der Waals surface area contributed by atoms with Crippen molar-refractivity contribution in [1.82, 2.24) is 0 Å². The lowest BCUT2D eigenvalue weighted by Crippen LogP contribution is -2.55. The highest BCUT2D eigenvalue weighted by molar-refractivity contribution is 5.94. The van der Waals surface area contributed by atoms with Crippen molar-refractivity contribution in [3.63, 3.8) is 0 Å². The minimum atomic E-state index is -1.30. The highest BCUT2D eigenvalue weighted by Crippen LogP contribution is 2.38. The van der Waals surface area contributed by atoms with Crippen molar-refractivity contribution in [2.24, 2.45) is 0 Å². The molecule has 0 bridgehead atoms. The summed E-state index contributed by atoms with van der Waals surface area (Å²) in [6.07, 6.45) is 1.38. The largest absolute Gasteiger partial charge is 0.458 e. The van der Waals surface area contributed by atoms with Crippen LogP contribution in [0, 0.1) is 0 Å². The van der Waals surface area contributed by atoms with Crippen LogP contribution in [0.3, 0.4) is 0 Å². The number of rotatable bonds is 11. The molecule has 2 saturated heterocycles. The lowest BCUT2D eigenvalue weighted by atomic mass is 9.84. The Kier molecular flexibility index (Phi) is 6.95. The second kappa shape index (κ2) is 10.1. The van der Waals surface area contributed by atoms with Crippen molar-refractivity contribution in [1.29, 1.82) is 0 Å². The number of unbranched alkanes of at least 4 members (excludes halogenated alkanes) is 1. The monoisotopic (exact) mass is 466 g/mol. The molecule has 0 N–H and O–H groups in total. The maximum atomic E-state index is 12.7. The van der Waals surface area contributed by atoms with Gasteiger partial charge in [-0.25, -0.2) is 9.59 Å². The molecule has 0 unspecified atom stereocenters. The third-order valence-electron chi connectivity index (χ3n) is 6.06. The number of carbonyl (C=O) groups excluding carboxylic acids is 4. The lowest BCUT2D eigenvalue weighted by molar-refractivity contribution is -0.212. The molecule has 0 saturated carbocycles. The molecule has 0 aliphatic carbocycles. The van der Waals surface area contributed by atoms with E-state index in [9.17, 15) is 19.2 Å². The zero-order valence-corrected chi connectivity index (χ0v) is 18.7. The highest BCUT2D eigenvalue weighted by Gasteiger charge is 2.55. The van der Waals surface area contributed by atoms with Gasteiger partial charge in [-0.15, -0.1) is 0 Å². The Bertz CT molecular complexity index is 945. The molecule has 2 heterocycles. The third-order valence-corrected chi connectivity index (χ3v) is 6.06. The molecular weight excluding hydrogens is 440 g/mol. The number of carbonyl (C=O) groups is 4. The Hall–Kier alpha value is -3.68. The van der Waals surface area contributed by atoms with Crippen molar-refractivity contribution in [3.8, 4) is 0 Å². The summed E-state index contributed by atoms with van der Waals surface area (Å²) in [6.45, 7) is 0.177. The van der Waals surface area contributed by atoms with E-state index in [-0.39, 0.29) is 38.9 Å². The summed E-state index contributed by atoms with van der Waals surface area (Å²) in [5, 5.41) is 0. The summed E-state index contributed by atoms with van der Waals surface area (Å²) in [5.74, 6) is -2.07. The van der Waals surface area contributed by atoms with Crippen LogP contribution >= 0.6 is 0 Å². The van der Waals surface area contributed by atoms with E-state index in [1.54, 1.807) is 0 Å². The van der Waals surface area contributed by atoms with Gasteiger partial charge in [0.2, 0.25) is 11.2 Å². The van der Waals surface area contributed by atoms with Gasteiger partial charge in [-0.3, -0.25) is 9.59 Å². The van der Waals surface area contributed by atoms with Gasteiger partial charge in [0.25, 0.3) is 0 Å². The summed E-state index contributed by atoms with van der Waals surface area (Å²) < 4.78 is 21.2. The molecule has 2 atom stereocenters. The summed E-state index contributed by atoms with van der Waals surface area (Å²) in [5.41, 5.74) is -0.939. The minimum absolute atomic E-state index is 0.0418. The molecule has 2 aromatic carbocycles. The molecule has 0 spiro atoms. The molecule has 2 aromatic rings. The normalized spacial score (nSPS) is 23.1. The second-order valence-electron chi connectivity index (χ2n) is 8.62. The van der Waals surface area contributed by atoms with E-state index in [2.05, 4.69) is 0 Å². The van der Waals surface area contributed by atoms with Gasteiger partial charge < -0.3 is 18.9 Å². The van der Waals surface area contributed by atoms with Gasteiger partial charge in [-0.2, -0.15) is 0 Å². The predicted octanol–water partition coefficient (Wildman–Crippen LogP) is 3.41. The zero-order chi connectivity index (χ0) is 24.0. The summed E-state index contributed by atoms with van der Waals surface area (Å²) >= 11 is 0. The van der Waals surface area contributed by atoms with Crippen molar-refractivity contribution in [2.75, 3.05) is 0 Å². The average molecular weight is 466 g/mol. The number of ether oxygens (including phenoxy) is 4. The Morgan fingerprint density at radius 1 is 0.676 bits per heavy atom. The Balaban J connectivity index is 1.27. The van der Waals surface area contributed by atoms with Gasteiger partial charge in [0.1, 0.15) is 13.2 Å². The van der Waals surface area contributed by atoms with Crippen LogP contribution in [0.1, 0.15) is 49.7 Å². The Morgan fingerprint density at radius 3 is 1.35 bits per heavy atom. The van der Waals surface area contributed by atoms with Gasteiger partial charge in [0.05, 0.1) is 12.8 Å². The summed E-state index contributed by atoms with van der Waals surface area (Å²) in [6, 6.07) is 18.4. The average Bonchev–Trinajstić information content (AvgIpc) is 2.82. The van der Waals surface area contributed by atoms with Gasteiger partial charge in [0, 0.05) is 0 Å². The minimum Gasteiger partial charge on any atom is -0.458 e. The van der Waals surface area contributed by atoms with E-state index in [1.807, 2.05) is 60.7 Å². The molecule has 8 nitrogen and oxygen atoms in total. The molecule has 4 rings (SSSR count). The first kappa shape index (κ1) is 23.5. The molecule has 2 aliphatic rings. The topological polar surface area (TPSA) is 105 Å². The van der Waals surface area contributed by atoms with Crippen LogP contribution in [0.2, 0.25) is 0 Å². The smallest absolute Gasteiger partial charge is 0.351 e. The fourth-order valence-electron chi connectivity index (χ4n) is 4.13. The van der Waals surface area contributed by atoms with Crippen LogP contribution < -0.4 is 0 Å². The van der Waals surface area contributed by atoms with Gasteiger partial charge in [-0.05, 0) is 36.8 Å². The number of benzene rings is 2. The third kappa shape index (κ3) is 5.27. The summed E-state index contributed by atoms with van der Waals surface area (Å²) in [7, 11) is 0. The van der Waals surface area contributed by atoms with Crippen molar-refractivity contribution in [3.05, 3.63) is 71.8 Å². The highest BCUT2D eigenvalue weighted by atomic mass is 16.6. The zero-order valence-electron chi connectivity index (χ0n) is 18.7. The summed E-state index contributed by atoms with van der Waals surface area (Å²) in [4.78, 5) is 48.3. The van der Waals surface area contributed by atoms with Crippen molar-refractivity contribution in [2.45, 2.75) is 62.9 Å². The van der Waals surface area contributed by atoms with E-state index >= 15 is 0 Å². The molecule has 0 aromatic heterocycles. The molecular formula is C26H26O8. The van der Waals surface area contributed by atoms with E-state index in [0.29, 0.717) is 12.8 Å². The van der Waals surface area contributed by atoms with Crippen LogP contribution in [0.15, 0.2) is 60.7 Å². The molecule has 2 fully saturated rings. The molecule has 34 heavy (non-hydrogen) atoms. The maximum absolute atomic E-state index is 12.7. The number of hydrogen-bond donors (Lipinski definition) is 0. The quantitative estimate of drug-likeness (QED) is 0.282. The molecule has 0 amide bonds. The van der Waals surface area contributed by atoms with E-state index in [4.69, 9.17) is 18.9 Å². The van der Waals surface area contributed by atoms with Crippen LogP contribution in [0.5, 0.6) is 0 Å². The van der Waals surface area contributed by atoms with Crippen LogP contribution in [-0.4, -0.2) is 35.1 Å². The molecule has 0 radical (unpaired) electrons. The number of esters is 4. The van der Waals surface area contributed by atoms with Gasteiger partial charge >= 0.3 is 23.9 Å². The fraction of sp³-hybridized carbons (Fsp3) is 0.385. The van der Waals surface area contributed by atoms with Crippen molar-refractivity contribution >= 4 is 23.9 Å². The lowest BCUT2D eigenvalue weighted by Gasteiger charge is -2.39. The van der Waals surface area contributed by atoms with Crippen LogP contribution in [-0.2, 0) is 51.3 Å². The van der Waals surface area contributed by atoms with Crippen LogP contribution in [0.4, 0.5) is 0 Å². The Morgan fingerprint density at radius 2 is 1.03 bits per heavy atom. The first-order chi connectivity index (χ1) is 16.4. The molecule has 8 heteroatoms. The van der Waals surface area contributed by atoms with E-state index in [0.717, 1.165) is 11.1 Å². The first-order valence-corrected chi connectivity index (χ1v) is 11.3. The number of cyclic esters (lactones) is 2. The number of hydrogen-bond acceptors (Lipinski definition) is 8. The SMILES string of the molecule is O=C1C[C@](CCCC[C@]2(C(=O)OCc3ccccc3)CC(=O)O2)(C(=O)OCc2ccccc2)O1. The van der Waals surface area contributed by atoms with Crippen LogP contribution in [0.25, 0.3) is 0 Å². The molecule has 2 aliphatic heterocycles. The Labute approximate surface area is 197 Å². The van der Waals surface area contributed by atoms with Gasteiger partial charge in [-0.1, -0.05) is 60.7 Å². The standard InChI is InChI=1S/C26H26O8/c27-21-15-25(33-21,23(29)31-17-19-9-3-1-4-10-19)13-7-8-14-26(16-22(28)34-26)24(30)32-18-20-11-5-2-6-12-20/h1-6,9-12H,7-8,13-18H2/t25-,26-/m1/s1.